The normalized spacial score (nSPS) is 11.6. The molecule has 2 aromatic heterocycles. The minimum absolute atomic E-state index is 0.193. The fourth-order valence-corrected chi connectivity index (χ4v) is 2.66. The van der Waals surface area contributed by atoms with E-state index >= 15 is 0 Å². The van der Waals surface area contributed by atoms with Crippen LogP contribution in [-0.4, -0.2) is 28.3 Å². The van der Waals surface area contributed by atoms with Crippen molar-refractivity contribution in [2.75, 3.05) is 11.9 Å². The van der Waals surface area contributed by atoms with E-state index < -0.39 is 18.5 Å². The second kappa shape index (κ2) is 8.82. The van der Waals surface area contributed by atoms with Crippen molar-refractivity contribution in [3.8, 4) is 5.69 Å². The van der Waals surface area contributed by atoms with E-state index in [-0.39, 0.29) is 5.41 Å². The van der Waals surface area contributed by atoms with E-state index in [0.717, 1.165) is 17.1 Å². The number of furan rings is 1. The Hall–Kier alpha value is -3.61. The zero-order valence-corrected chi connectivity index (χ0v) is 17.5. The number of aryl methyl sites for hydroxylation is 1. The Morgan fingerprint density at radius 1 is 1.17 bits per heavy atom. The highest BCUT2D eigenvalue weighted by molar-refractivity contribution is 5.94. The lowest BCUT2D eigenvalue weighted by molar-refractivity contribution is -0.142. The summed E-state index contributed by atoms with van der Waals surface area (Å²) < 4.78 is 12.0. The lowest BCUT2D eigenvalue weighted by Gasteiger charge is -2.14. The number of ether oxygens (including phenoxy) is 1. The van der Waals surface area contributed by atoms with E-state index in [0.29, 0.717) is 11.6 Å². The third-order valence-electron chi connectivity index (χ3n) is 4.24. The molecule has 0 aliphatic rings. The first-order valence-electron chi connectivity index (χ1n) is 9.59. The molecule has 7 heteroatoms. The topological polar surface area (TPSA) is 86.4 Å². The van der Waals surface area contributed by atoms with Gasteiger partial charge in [0.05, 0.1) is 11.4 Å². The zero-order chi connectivity index (χ0) is 21.7. The predicted octanol–water partition coefficient (Wildman–Crippen LogP) is 4.27. The molecule has 1 aromatic carbocycles. The van der Waals surface area contributed by atoms with Crippen molar-refractivity contribution in [3.05, 3.63) is 71.8 Å². The second-order valence-corrected chi connectivity index (χ2v) is 7.85. The number of hydrogen-bond donors (Lipinski definition) is 1. The molecule has 0 bridgehead atoms. The largest absolute Gasteiger partial charge is 0.462 e. The first-order valence-corrected chi connectivity index (χ1v) is 9.59. The van der Waals surface area contributed by atoms with Crippen LogP contribution < -0.4 is 5.32 Å². The third kappa shape index (κ3) is 5.47. The molecule has 0 saturated heterocycles. The summed E-state index contributed by atoms with van der Waals surface area (Å²) >= 11 is 0. The Balaban J connectivity index is 1.66. The summed E-state index contributed by atoms with van der Waals surface area (Å²) in [6.45, 7) is 7.54. The van der Waals surface area contributed by atoms with Crippen LogP contribution in [0.5, 0.6) is 0 Å². The summed E-state index contributed by atoms with van der Waals surface area (Å²) in [4.78, 5) is 24.2. The number of amides is 1. The summed E-state index contributed by atoms with van der Waals surface area (Å²) in [5, 5.41) is 7.41. The summed E-state index contributed by atoms with van der Waals surface area (Å²) in [5.74, 6) is 0.700. The van der Waals surface area contributed by atoms with Gasteiger partial charge < -0.3 is 14.5 Å². The molecule has 3 aromatic rings. The molecule has 0 atom stereocenters. The number of aromatic nitrogens is 2. The summed E-state index contributed by atoms with van der Waals surface area (Å²) in [6.07, 6.45) is 2.71. The third-order valence-corrected chi connectivity index (χ3v) is 4.24. The highest BCUT2D eigenvalue weighted by Crippen LogP contribution is 2.26. The molecule has 0 unspecified atom stereocenters. The van der Waals surface area contributed by atoms with E-state index in [2.05, 4.69) is 10.4 Å². The zero-order valence-electron chi connectivity index (χ0n) is 17.5. The van der Waals surface area contributed by atoms with Crippen LogP contribution in [0, 0.1) is 6.92 Å². The Kier molecular flexibility index (Phi) is 6.20. The number of hydrogen-bond acceptors (Lipinski definition) is 5. The van der Waals surface area contributed by atoms with Gasteiger partial charge in [-0.05, 0) is 37.3 Å². The number of anilines is 1. The Morgan fingerprint density at radius 3 is 2.53 bits per heavy atom. The van der Waals surface area contributed by atoms with Gasteiger partial charge in [-0.15, -0.1) is 0 Å². The Labute approximate surface area is 175 Å². The second-order valence-electron chi connectivity index (χ2n) is 7.85. The summed E-state index contributed by atoms with van der Waals surface area (Å²) in [7, 11) is 0. The summed E-state index contributed by atoms with van der Waals surface area (Å²) in [6, 6.07) is 14.9. The molecule has 0 aliphatic heterocycles. The minimum Gasteiger partial charge on any atom is -0.462 e. The van der Waals surface area contributed by atoms with Gasteiger partial charge in [0.1, 0.15) is 17.3 Å². The lowest BCUT2D eigenvalue weighted by atomic mass is 9.92. The smallest absolute Gasteiger partial charge is 0.331 e. The monoisotopic (exact) mass is 407 g/mol. The van der Waals surface area contributed by atoms with E-state index in [1.165, 1.54) is 12.2 Å². The Bertz CT molecular complexity index is 1060. The van der Waals surface area contributed by atoms with E-state index in [1.54, 1.807) is 16.8 Å². The number of para-hydroxylation sites is 1. The molecule has 2 heterocycles. The molecule has 0 saturated carbocycles. The molecule has 0 spiro atoms. The fourth-order valence-electron chi connectivity index (χ4n) is 2.66. The number of nitrogens with one attached hydrogen (secondary N) is 1. The molecule has 1 N–H and O–H groups in total. The number of benzene rings is 1. The fraction of sp³-hybridized carbons (Fsp3) is 0.261. The van der Waals surface area contributed by atoms with Crippen LogP contribution in [0.25, 0.3) is 11.8 Å². The van der Waals surface area contributed by atoms with Crippen LogP contribution in [0.15, 0.2) is 59.0 Å². The number of nitrogens with zero attached hydrogens (tertiary/aromatic N) is 2. The molecule has 1 amide bonds. The molecule has 0 radical (unpaired) electrons. The van der Waals surface area contributed by atoms with Crippen molar-refractivity contribution >= 4 is 23.8 Å². The van der Waals surface area contributed by atoms with Crippen molar-refractivity contribution in [1.82, 2.24) is 9.78 Å². The highest BCUT2D eigenvalue weighted by atomic mass is 16.5. The predicted molar refractivity (Wildman–Crippen MR) is 114 cm³/mol. The van der Waals surface area contributed by atoms with E-state index in [9.17, 15) is 9.59 Å². The van der Waals surface area contributed by atoms with E-state index in [1.807, 2.05) is 64.1 Å². The van der Waals surface area contributed by atoms with Gasteiger partial charge in [-0.2, -0.15) is 5.10 Å². The van der Waals surface area contributed by atoms with Gasteiger partial charge in [0.15, 0.2) is 6.61 Å². The van der Waals surface area contributed by atoms with Crippen LogP contribution in [-0.2, 0) is 19.7 Å². The van der Waals surface area contributed by atoms with Crippen molar-refractivity contribution in [3.63, 3.8) is 0 Å². The van der Waals surface area contributed by atoms with Gasteiger partial charge in [0, 0.05) is 17.6 Å². The van der Waals surface area contributed by atoms with Crippen molar-refractivity contribution in [2.45, 2.75) is 33.1 Å². The minimum atomic E-state index is -0.633. The molecule has 3 rings (SSSR count). The number of esters is 1. The standard InChI is InChI=1S/C23H25N3O4/c1-16-10-11-18(30-16)12-13-22(28)29-15-21(27)24-20-14-19(23(2,3)4)25-26(20)17-8-6-5-7-9-17/h5-14H,15H2,1-4H3,(H,24,27). The maximum Gasteiger partial charge on any atom is 0.331 e. The van der Waals surface area contributed by atoms with Gasteiger partial charge >= 0.3 is 5.97 Å². The molecular weight excluding hydrogens is 382 g/mol. The van der Waals surface area contributed by atoms with Gasteiger partial charge in [-0.3, -0.25) is 4.79 Å². The Morgan fingerprint density at radius 2 is 1.90 bits per heavy atom. The van der Waals surface area contributed by atoms with Crippen molar-refractivity contribution in [1.29, 1.82) is 0 Å². The van der Waals surface area contributed by atoms with Crippen LogP contribution >= 0.6 is 0 Å². The SMILES string of the molecule is Cc1ccc(C=CC(=O)OCC(=O)Nc2cc(C(C)(C)C)nn2-c2ccccc2)o1. The van der Waals surface area contributed by atoms with Gasteiger partial charge in [-0.1, -0.05) is 39.0 Å². The molecule has 7 nitrogen and oxygen atoms in total. The molecule has 0 aliphatic carbocycles. The number of carbonyl (C=O) groups is 2. The average Bonchev–Trinajstić information content (AvgIpc) is 3.31. The summed E-state index contributed by atoms with van der Waals surface area (Å²) in [5.41, 5.74) is 1.45. The van der Waals surface area contributed by atoms with Crippen LogP contribution in [0.2, 0.25) is 0 Å². The molecular formula is C23H25N3O4. The number of carbonyl (C=O) groups excluding carboxylic acids is 2. The quantitative estimate of drug-likeness (QED) is 0.487. The maximum absolute atomic E-state index is 12.4. The van der Waals surface area contributed by atoms with Gasteiger partial charge in [0.2, 0.25) is 0 Å². The molecule has 156 valence electrons. The maximum atomic E-state index is 12.4. The van der Waals surface area contributed by atoms with Gasteiger partial charge in [0.25, 0.3) is 5.91 Å². The van der Waals surface area contributed by atoms with Crippen LogP contribution in [0.3, 0.4) is 0 Å². The first-order chi connectivity index (χ1) is 14.2. The van der Waals surface area contributed by atoms with Crippen LogP contribution in [0.1, 0.15) is 38.0 Å². The molecule has 0 fully saturated rings. The first kappa shape index (κ1) is 21.1. The highest BCUT2D eigenvalue weighted by Gasteiger charge is 2.21. The molecule has 30 heavy (non-hydrogen) atoms. The van der Waals surface area contributed by atoms with Crippen LogP contribution in [0.4, 0.5) is 5.82 Å². The lowest BCUT2D eigenvalue weighted by Crippen LogP contribution is -2.21. The van der Waals surface area contributed by atoms with Gasteiger partial charge in [-0.25, -0.2) is 9.48 Å². The van der Waals surface area contributed by atoms with Crippen molar-refractivity contribution < 1.29 is 18.7 Å². The number of rotatable bonds is 6. The van der Waals surface area contributed by atoms with E-state index in [4.69, 9.17) is 9.15 Å². The van der Waals surface area contributed by atoms with Crippen molar-refractivity contribution in [2.24, 2.45) is 0 Å². The average molecular weight is 407 g/mol.